The number of benzene rings is 2. The van der Waals surface area contributed by atoms with E-state index in [1.807, 2.05) is 42.3 Å². The summed E-state index contributed by atoms with van der Waals surface area (Å²) in [5.74, 6) is 1.20. The van der Waals surface area contributed by atoms with Gasteiger partial charge >= 0.3 is 6.55 Å². The van der Waals surface area contributed by atoms with Crippen LogP contribution >= 0.6 is 0 Å². The van der Waals surface area contributed by atoms with Crippen molar-refractivity contribution < 1.29 is 13.5 Å². The molecular weight excluding hydrogens is 336 g/mol. The number of ether oxygens (including phenoxy) is 1. The molecule has 0 spiro atoms. The molecule has 0 amide bonds. The molecule has 0 fully saturated rings. The molecular formula is C20H23F2N3O. The van der Waals surface area contributed by atoms with Crippen LogP contribution in [0.4, 0.5) is 8.78 Å². The number of rotatable bonds is 7. The van der Waals surface area contributed by atoms with Gasteiger partial charge < -0.3 is 4.74 Å². The van der Waals surface area contributed by atoms with Gasteiger partial charge in [0.2, 0.25) is 0 Å². The van der Waals surface area contributed by atoms with Gasteiger partial charge in [0.1, 0.15) is 11.6 Å². The number of imidazole rings is 1. The van der Waals surface area contributed by atoms with Crippen LogP contribution in [-0.2, 0) is 13.0 Å². The van der Waals surface area contributed by atoms with E-state index in [9.17, 15) is 8.78 Å². The van der Waals surface area contributed by atoms with Gasteiger partial charge in [0, 0.05) is 6.04 Å². The fourth-order valence-electron chi connectivity index (χ4n) is 3.06. The first-order chi connectivity index (χ1) is 12.5. The van der Waals surface area contributed by atoms with Crippen LogP contribution in [0.25, 0.3) is 11.0 Å². The summed E-state index contributed by atoms with van der Waals surface area (Å²) >= 11 is 0. The third kappa shape index (κ3) is 3.85. The smallest absolute Gasteiger partial charge is 0.320 e. The Kier molecular flexibility index (Phi) is 5.52. The lowest BCUT2D eigenvalue weighted by Gasteiger charge is -2.25. The van der Waals surface area contributed by atoms with Gasteiger partial charge in [0.05, 0.1) is 24.7 Å². The zero-order valence-electron chi connectivity index (χ0n) is 15.2. The zero-order chi connectivity index (χ0) is 18.7. The third-order valence-corrected chi connectivity index (χ3v) is 4.70. The van der Waals surface area contributed by atoms with Crippen LogP contribution in [0.1, 0.15) is 24.9 Å². The van der Waals surface area contributed by atoms with E-state index in [1.54, 1.807) is 25.3 Å². The van der Waals surface area contributed by atoms with Crippen LogP contribution in [0.5, 0.6) is 5.75 Å². The second kappa shape index (κ2) is 7.83. The molecule has 1 heterocycles. The lowest BCUT2D eigenvalue weighted by molar-refractivity contribution is 0.0680. The zero-order valence-corrected chi connectivity index (χ0v) is 15.2. The second-order valence-electron chi connectivity index (χ2n) is 6.48. The quantitative estimate of drug-likeness (QED) is 0.622. The van der Waals surface area contributed by atoms with E-state index in [0.29, 0.717) is 23.4 Å². The molecule has 0 aliphatic rings. The van der Waals surface area contributed by atoms with Crippen molar-refractivity contribution in [1.82, 2.24) is 14.5 Å². The molecule has 2 aromatic carbocycles. The van der Waals surface area contributed by atoms with Crippen LogP contribution in [-0.4, -0.2) is 34.7 Å². The molecule has 3 rings (SSSR count). The number of halogens is 2. The van der Waals surface area contributed by atoms with Gasteiger partial charge in [-0.1, -0.05) is 24.3 Å². The fraction of sp³-hybridized carbons (Fsp3) is 0.350. The Labute approximate surface area is 152 Å². The highest BCUT2D eigenvalue weighted by Gasteiger charge is 2.20. The van der Waals surface area contributed by atoms with Crippen LogP contribution < -0.4 is 4.74 Å². The molecule has 0 aliphatic heterocycles. The Balaban J connectivity index is 1.75. The Bertz CT molecular complexity index is 861. The summed E-state index contributed by atoms with van der Waals surface area (Å²) in [5, 5.41) is 0. The number of nitrogens with zero attached hydrogens (tertiary/aromatic N) is 3. The lowest BCUT2D eigenvalue weighted by atomic mass is 10.1. The van der Waals surface area contributed by atoms with Gasteiger partial charge in [-0.25, -0.2) is 4.98 Å². The van der Waals surface area contributed by atoms with Crippen molar-refractivity contribution in [2.24, 2.45) is 0 Å². The summed E-state index contributed by atoms with van der Waals surface area (Å²) < 4.78 is 33.3. The summed E-state index contributed by atoms with van der Waals surface area (Å²) in [6.45, 7) is -0.168. The van der Waals surface area contributed by atoms with Gasteiger partial charge in [-0.05, 0) is 50.2 Å². The Morgan fingerprint density at radius 1 is 1.12 bits per heavy atom. The SMILES string of the molecule is COc1ccc(CC(C)N(C)Cc2nc3ccccc3n2C(F)F)cc1. The van der Waals surface area contributed by atoms with E-state index in [2.05, 4.69) is 11.9 Å². The summed E-state index contributed by atoms with van der Waals surface area (Å²) in [6, 6.07) is 15.1. The van der Waals surface area contributed by atoms with E-state index >= 15 is 0 Å². The molecule has 138 valence electrons. The molecule has 1 aromatic heterocycles. The summed E-state index contributed by atoms with van der Waals surface area (Å²) in [4.78, 5) is 6.46. The largest absolute Gasteiger partial charge is 0.497 e. The second-order valence-corrected chi connectivity index (χ2v) is 6.48. The maximum atomic E-state index is 13.6. The number of para-hydroxylation sites is 2. The fourth-order valence-corrected chi connectivity index (χ4v) is 3.06. The predicted octanol–water partition coefficient (Wildman–Crippen LogP) is 4.50. The average molecular weight is 359 g/mol. The van der Waals surface area contributed by atoms with Crippen molar-refractivity contribution in [2.45, 2.75) is 32.5 Å². The van der Waals surface area contributed by atoms with E-state index in [4.69, 9.17) is 4.74 Å². The van der Waals surface area contributed by atoms with Gasteiger partial charge in [-0.15, -0.1) is 0 Å². The van der Waals surface area contributed by atoms with Crippen molar-refractivity contribution >= 4 is 11.0 Å². The molecule has 4 nitrogen and oxygen atoms in total. The molecule has 1 atom stereocenters. The molecule has 0 saturated heterocycles. The number of hydrogen-bond donors (Lipinski definition) is 0. The molecule has 0 aliphatic carbocycles. The molecule has 3 aromatic rings. The van der Waals surface area contributed by atoms with E-state index < -0.39 is 6.55 Å². The maximum absolute atomic E-state index is 13.6. The van der Waals surface area contributed by atoms with Crippen LogP contribution in [0.2, 0.25) is 0 Å². The number of methoxy groups -OCH3 is 1. The molecule has 6 heteroatoms. The van der Waals surface area contributed by atoms with E-state index in [0.717, 1.165) is 16.7 Å². The van der Waals surface area contributed by atoms with Gasteiger partial charge in [-0.3, -0.25) is 9.47 Å². The number of aromatic nitrogens is 2. The molecule has 26 heavy (non-hydrogen) atoms. The first-order valence-electron chi connectivity index (χ1n) is 8.56. The van der Waals surface area contributed by atoms with Crippen LogP contribution in [0.3, 0.4) is 0 Å². The normalized spacial score (nSPS) is 12.9. The number of fused-ring (bicyclic) bond motifs is 1. The number of alkyl halides is 2. The first-order valence-corrected chi connectivity index (χ1v) is 8.56. The van der Waals surface area contributed by atoms with Crippen LogP contribution in [0, 0.1) is 0 Å². The molecule has 0 N–H and O–H groups in total. The molecule has 0 bridgehead atoms. The van der Waals surface area contributed by atoms with Gasteiger partial charge in [-0.2, -0.15) is 8.78 Å². The third-order valence-electron chi connectivity index (χ3n) is 4.70. The van der Waals surface area contributed by atoms with Crippen molar-refractivity contribution in [3.05, 3.63) is 59.9 Å². The minimum absolute atomic E-state index is 0.175. The summed E-state index contributed by atoms with van der Waals surface area (Å²) in [5.41, 5.74) is 2.24. The van der Waals surface area contributed by atoms with Gasteiger partial charge in [0.25, 0.3) is 0 Å². The predicted molar refractivity (Wildman–Crippen MR) is 98.6 cm³/mol. The van der Waals surface area contributed by atoms with Crippen molar-refractivity contribution in [3.8, 4) is 5.75 Å². The standard InChI is InChI=1S/C20H23F2N3O/c1-14(12-15-8-10-16(26-3)11-9-15)24(2)13-19-23-17-6-4-5-7-18(17)25(19)20(21)22/h4-11,14,20H,12-13H2,1-3H3. The number of hydrogen-bond acceptors (Lipinski definition) is 3. The first kappa shape index (κ1) is 18.3. The highest BCUT2D eigenvalue weighted by Crippen LogP contribution is 2.24. The van der Waals surface area contributed by atoms with E-state index in [-0.39, 0.29) is 6.04 Å². The van der Waals surface area contributed by atoms with Crippen molar-refractivity contribution in [2.75, 3.05) is 14.2 Å². The van der Waals surface area contributed by atoms with Crippen molar-refractivity contribution in [1.29, 1.82) is 0 Å². The lowest BCUT2D eigenvalue weighted by Crippen LogP contribution is -2.31. The monoisotopic (exact) mass is 359 g/mol. The Morgan fingerprint density at radius 2 is 1.81 bits per heavy atom. The minimum atomic E-state index is -2.61. The summed E-state index contributed by atoms with van der Waals surface area (Å²) in [6.07, 6.45) is 0.815. The average Bonchev–Trinajstić information content (AvgIpc) is 3.00. The number of likely N-dealkylation sites (N-methyl/N-ethyl adjacent to an activating group) is 1. The Hall–Kier alpha value is -2.47. The van der Waals surface area contributed by atoms with Crippen molar-refractivity contribution in [3.63, 3.8) is 0 Å². The highest BCUT2D eigenvalue weighted by atomic mass is 19.3. The Morgan fingerprint density at radius 3 is 2.46 bits per heavy atom. The minimum Gasteiger partial charge on any atom is -0.497 e. The molecule has 0 saturated carbocycles. The van der Waals surface area contributed by atoms with Crippen LogP contribution in [0.15, 0.2) is 48.5 Å². The summed E-state index contributed by atoms with van der Waals surface area (Å²) in [7, 11) is 3.57. The molecule has 1 unspecified atom stereocenters. The van der Waals surface area contributed by atoms with Gasteiger partial charge in [0.15, 0.2) is 0 Å². The topological polar surface area (TPSA) is 30.3 Å². The highest BCUT2D eigenvalue weighted by molar-refractivity contribution is 5.75. The maximum Gasteiger partial charge on any atom is 0.320 e. The van der Waals surface area contributed by atoms with E-state index in [1.165, 1.54) is 5.56 Å². The molecule has 0 radical (unpaired) electrons.